The van der Waals surface area contributed by atoms with Crippen LogP contribution in [0.5, 0.6) is 0 Å². The Morgan fingerprint density at radius 1 is 1.24 bits per heavy atom. The van der Waals surface area contributed by atoms with Crippen LogP contribution in [0.3, 0.4) is 0 Å². The summed E-state index contributed by atoms with van der Waals surface area (Å²) in [5.41, 5.74) is 8.31. The van der Waals surface area contributed by atoms with Crippen molar-refractivity contribution in [3.63, 3.8) is 0 Å². The van der Waals surface area contributed by atoms with Crippen LogP contribution in [0.15, 0.2) is 42.5 Å². The summed E-state index contributed by atoms with van der Waals surface area (Å²) in [6.45, 7) is 1.92. The topological polar surface area (TPSA) is 81.4 Å². The number of esters is 1. The van der Waals surface area contributed by atoms with Crippen molar-refractivity contribution in [2.75, 3.05) is 13.7 Å². The van der Waals surface area contributed by atoms with Crippen LogP contribution < -0.4 is 11.1 Å². The number of hydrogen-bond donors (Lipinski definition) is 2. The molecule has 0 saturated heterocycles. The summed E-state index contributed by atoms with van der Waals surface area (Å²) < 4.78 is 18.5. The van der Waals surface area contributed by atoms with Crippen LogP contribution in [0, 0.1) is 5.82 Å². The third-order valence-corrected chi connectivity index (χ3v) is 3.86. The molecule has 0 aliphatic rings. The molecule has 6 heteroatoms. The summed E-state index contributed by atoms with van der Waals surface area (Å²) in [6, 6.07) is 10.8. The average Bonchev–Trinajstić information content (AvgIpc) is 2.64. The summed E-state index contributed by atoms with van der Waals surface area (Å²) >= 11 is 0. The lowest BCUT2D eigenvalue weighted by atomic mass is 9.96. The summed E-state index contributed by atoms with van der Waals surface area (Å²) in [5, 5.41) is 2.52. The number of carbonyl (C=O) groups excluding carboxylic acids is 2. The quantitative estimate of drug-likeness (QED) is 0.788. The van der Waals surface area contributed by atoms with E-state index in [1.165, 1.54) is 13.2 Å². The zero-order valence-corrected chi connectivity index (χ0v) is 14.2. The zero-order chi connectivity index (χ0) is 18.4. The molecule has 0 saturated carbocycles. The first kappa shape index (κ1) is 18.6. The van der Waals surface area contributed by atoms with Crippen molar-refractivity contribution in [3.8, 4) is 11.1 Å². The average molecular weight is 344 g/mol. The first-order valence-corrected chi connectivity index (χ1v) is 7.96. The maximum absolute atomic E-state index is 14.0. The lowest BCUT2D eigenvalue weighted by Crippen LogP contribution is -2.43. The number of nitrogens with two attached hydrogens (primary N) is 1. The van der Waals surface area contributed by atoms with Crippen molar-refractivity contribution in [1.82, 2.24) is 5.32 Å². The molecule has 3 N–H and O–H groups in total. The van der Waals surface area contributed by atoms with Gasteiger partial charge in [0.2, 0.25) is 0 Å². The van der Waals surface area contributed by atoms with Gasteiger partial charge in [-0.1, -0.05) is 31.2 Å². The van der Waals surface area contributed by atoms with Crippen LogP contribution in [-0.2, 0) is 16.0 Å². The summed E-state index contributed by atoms with van der Waals surface area (Å²) in [5.74, 6) is -1.64. The number of rotatable bonds is 6. The number of ether oxygens (including phenoxy) is 1. The van der Waals surface area contributed by atoms with E-state index in [-0.39, 0.29) is 12.1 Å². The highest BCUT2D eigenvalue weighted by Gasteiger charge is 2.16. The summed E-state index contributed by atoms with van der Waals surface area (Å²) in [6.07, 6.45) is 0.794. The molecule has 1 amide bonds. The van der Waals surface area contributed by atoms with Gasteiger partial charge in [0.05, 0.1) is 7.11 Å². The minimum absolute atomic E-state index is 0.0943. The summed E-state index contributed by atoms with van der Waals surface area (Å²) in [4.78, 5) is 23.5. The van der Waals surface area contributed by atoms with E-state index in [0.29, 0.717) is 5.56 Å². The van der Waals surface area contributed by atoms with Gasteiger partial charge >= 0.3 is 5.97 Å². The highest BCUT2D eigenvalue weighted by atomic mass is 19.1. The van der Waals surface area contributed by atoms with Gasteiger partial charge < -0.3 is 15.8 Å². The minimum Gasteiger partial charge on any atom is -0.468 e. The molecule has 0 spiro atoms. The first-order chi connectivity index (χ1) is 12.0. The second-order valence-corrected chi connectivity index (χ2v) is 5.58. The summed E-state index contributed by atoms with van der Waals surface area (Å²) in [7, 11) is 1.22. The van der Waals surface area contributed by atoms with Crippen molar-refractivity contribution in [2.45, 2.75) is 19.4 Å². The van der Waals surface area contributed by atoms with E-state index < -0.39 is 23.7 Å². The Balaban J connectivity index is 2.24. The number of amides is 1. The Bertz CT molecular complexity index is 777. The van der Waals surface area contributed by atoms with Crippen LogP contribution in [0.1, 0.15) is 22.8 Å². The second-order valence-electron chi connectivity index (χ2n) is 5.58. The van der Waals surface area contributed by atoms with E-state index in [4.69, 9.17) is 5.73 Å². The van der Waals surface area contributed by atoms with Crippen LogP contribution in [0.2, 0.25) is 0 Å². The predicted octanol–water partition coefficient (Wildman–Crippen LogP) is 2.29. The molecule has 25 heavy (non-hydrogen) atoms. The molecular weight excluding hydrogens is 323 g/mol. The van der Waals surface area contributed by atoms with Gasteiger partial charge in [0.1, 0.15) is 11.9 Å². The molecule has 0 radical (unpaired) electrons. The predicted molar refractivity (Wildman–Crippen MR) is 93.5 cm³/mol. The number of methoxy groups -OCH3 is 1. The fraction of sp³-hybridized carbons (Fsp3) is 0.263. The van der Waals surface area contributed by atoms with Crippen LogP contribution in [-0.4, -0.2) is 31.6 Å². The smallest absolute Gasteiger partial charge is 0.324 e. The van der Waals surface area contributed by atoms with Crippen LogP contribution in [0.25, 0.3) is 11.1 Å². The zero-order valence-electron chi connectivity index (χ0n) is 14.2. The standard InChI is InChI=1S/C19H21FN2O3/c1-3-12-6-4-5-7-16(12)13-8-14(10-15(20)9-13)18(23)22-11-17(21)19(24)25-2/h4-10,17H,3,11,21H2,1-2H3,(H,22,23)/t17-/m1/s1. The molecule has 0 bridgehead atoms. The third kappa shape index (κ3) is 4.64. The number of hydrogen-bond acceptors (Lipinski definition) is 4. The molecule has 1 atom stereocenters. The van der Waals surface area contributed by atoms with Crippen molar-refractivity contribution >= 4 is 11.9 Å². The molecule has 2 rings (SSSR count). The highest BCUT2D eigenvalue weighted by Crippen LogP contribution is 2.26. The van der Waals surface area contributed by atoms with E-state index in [9.17, 15) is 14.0 Å². The molecule has 0 aromatic heterocycles. The Kier molecular flexibility index (Phi) is 6.25. The van der Waals surface area contributed by atoms with E-state index in [2.05, 4.69) is 10.1 Å². The van der Waals surface area contributed by atoms with Gasteiger partial charge in [0.15, 0.2) is 0 Å². The fourth-order valence-corrected chi connectivity index (χ4v) is 2.53. The largest absolute Gasteiger partial charge is 0.468 e. The Labute approximate surface area is 146 Å². The SMILES string of the molecule is CCc1ccccc1-c1cc(F)cc(C(=O)NC[C@@H](N)C(=O)OC)c1. The van der Waals surface area contributed by atoms with E-state index in [1.807, 2.05) is 31.2 Å². The van der Waals surface area contributed by atoms with Gasteiger partial charge in [0.25, 0.3) is 5.91 Å². The van der Waals surface area contributed by atoms with Crippen LogP contribution >= 0.6 is 0 Å². The number of nitrogens with one attached hydrogen (secondary N) is 1. The molecule has 5 nitrogen and oxygen atoms in total. The van der Waals surface area contributed by atoms with Gasteiger partial charge in [-0.2, -0.15) is 0 Å². The normalized spacial score (nSPS) is 11.7. The molecule has 2 aromatic carbocycles. The van der Waals surface area contributed by atoms with Gasteiger partial charge in [-0.3, -0.25) is 9.59 Å². The van der Waals surface area contributed by atoms with E-state index in [1.54, 1.807) is 6.07 Å². The molecule has 0 aliphatic heterocycles. The Morgan fingerprint density at radius 3 is 2.64 bits per heavy atom. The molecule has 2 aromatic rings. The Morgan fingerprint density at radius 2 is 1.96 bits per heavy atom. The molecular formula is C19H21FN2O3. The van der Waals surface area contributed by atoms with Gasteiger partial charge in [-0.25, -0.2) is 4.39 Å². The van der Waals surface area contributed by atoms with Crippen LogP contribution in [0.4, 0.5) is 4.39 Å². The van der Waals surface area contributed by atoms with Crippen molar-refractivity contribution in [1.29, 1.82) is 0 Å². The lowest BCUT2D eigenvalue weighted by Gasteiger charge is -2.12. The molecule has 132 valence electrons. The number of carbonyl (C=O) groups is 2. The van der Waals surface area contributed by atoms with Gasteiger partial charge in [-0.15, -0.1) is 0 Å². The number of aryl methyl sites for hydroxylation is 1. The number of benzene rings is 2. The molecule has 0 unspecified atom stereocenters. The maximum atomic E-state index is 14.0. The maximum Gasteiger partial charge on any atom is 0.324 e. The Hall–Kier alpha value is -2.73. The molecule has 0 aliphatic carbocycles. The first-order valence-electron chi connectivity index (χ1n) is 7.96. The molecule has 0 heterocycles. The highest BCUT2D eigenvalue weighted by molar-refractivity contribution is 5.96. The van der Waals surface area contributed by atoms with Crippen molar-refractivity contribution in [2.24, 2.45) is 5.73 Å². The van der Waals surface area contributed by atoms with Crippen molar-refractivity contribution < 1.29 is 18.7 Å². The lowest BCUT2D eigenvalue weighted by molar-refractivity contribution is -0.141. The third-order valence-electron chi connectivity index (χ3n) is 3.86. The van der Waals surface area contributed by atoms with Gasteiger partial charge in [0, 0.05) is 12.1 Å². The fourth-order valence-electron chi connectivity index (χ4n) is 2.53. The van der Waals surface area contributed by atoms with Gasteiger partial charge in [-0.05, 0) is 41.3 Å². The van der Waals surface area contributed by atoms with E-state index in [0.717, 1.165) is 23.6 Å². The second kappa shape index (κ2) is 8.39. The molecule has 0 fully saturated rings. The van der Waals surface area contributed by atoms with E-state index >= 15 is 0 Å². The number of halogens is 1. The minimum atomic E-state index is -0.970. The van der Waals surface area contributed by atoms with Crippen molar-refractivity contribution in [3.05, 3.63) is 59.4 Å². The monoisotopic (exact) mass is 344 g/mol.